The van der Waals surface area contributed by atoms with Crippen LogP contribution in [0.4, 0.5) is 0 Å². The molecule has 0 aliphatic heterocycles. The van der Waals surface area contributed by atoms with Crippen LogP contribution in [0.3, 0.4) is 0 Å². The molecule has 0 saturated carbocycles. The smallest absolute Gasteiger partial charge is 0.130 e. The van der Waals surface area contributed by atoms with E-state index in [1.807, 2.05) is 12.1 Å². The van der Waals surface area contributed by atoms with Crippen molar-refractivity contribution in [1.82, 2.24) is 4.98 Å². The van der Waals surface area contributed by atoms with E-state index in [4.69, 9.17) is 9.72 Å². The standard InChI is InChI=1S/C18H25NO/c1-3-4-5-6-7-8-11-15-14-18(20-2)16-12-9-10-13-17(16)19-15/h9-10,12-14H,3-8,11H2,1-2H3. The molecule has 0 unspecified atom stereocenters. The van der Waals surface area contributed by atoms with Crippen molar-refractivity contribution < 1.29 is 4.74 Å². The molecule has 0 amide bonds. The molecular weight excluding hydrogens is 246 g/mol. The van der Waals surface area contributed by atoms with Crippen molar-refractivity contribution in [2.45, 2.75) is 51.9 Å². The van der Waals surface area contributed by atoms with Gasteiger partial charge in [-0.15, -0.1) is 0 Å². The third-order valence-electron chi connectivity index (χ3n) is 3.74. The number of methoxy groups -OCH3 is 1. The van der Waals surface area contributed by atoms with Crippen molar-refractivity contribution in [3.8, 4) is 5.75 Å². The van der Waals surface area contributed by atoms with Crippen molar-refractivity contribution >= 4 is 10.9 Å². The van der Waals surface area contributed by atoms with Crippen LogP contribution in [0, 0.1) is 0 Å². The molecule has 2 aromatic rings. The van der Waals surface area contributed by atoms with Gasteiger partial charge >= 0.3 is 0 Å². The molecule has 108 valence electrons. The summed E-state index contributed by atoms with van der Waals surface area (Å²) in [6.45, 7) is 2.26. The van der Waals surface area contributed by atoms with Crippen LogP contribution < -0.4 is 4.74 Å². The molecule has 1 aromatic heterocycles. The number of para-hydroxylation sites is 1. The Kier molecular flexibility index (Phi) is 5.85. The average Bonchev–Trinajstić information content (AvgIpc) is 2.50. The summed E-state index contributed by atoms with van der Waals surface area (Å²) in [7, 11) is 1.73. The highest BCUT2D eigenvalue weighted by Gasteiger charge is 2.05. The number of unbranched alkanes of at least 4 members (excludes halogenated alkanes) is 5. The number of benzene rings is 1. The fraction of sp³-hybridized carbons (Fsp3) is 0.500. The Hall–Kier alpha value is -1.57. The largest absolute Gasteiger partial charge is 0.496 e. The van der Waals surface area contributed by atoms with Crippen LogP contribution in [0.1, 0.15) is 51.1 Å². The summed E-state index contributed by atoms with van der Waals surface area (Å²) in [6.07, 6.45) is 8.96. The zero-order chi connectivity index (χ0) is 14.2. The second-order valence-corrected chi connectivity index (χ2v) is 5.35. The van der Waals surface area contributed by atoms with Gasteiger partial charge in [0.2, 0.25) is 0 Å². The molecule has 2 rings (SSSR count). The molecule has 0 aliphatic carbocycles. The quantitative estimate of drug-likeness (QED) is 0.620. The first kappa shape index (κ1) is 14.8. The Morgan fingerprint density at radius 2 is 1.75 bits per heavy atom. The maximum atomic E-state index is 5.49. The molecule has 0 atom stereocenters. The molecule has 0 bridgehead atoms. The van der Waals surface area contributed by atoms with Crippen molar-refractivity contribution in [2.24, 2.45) is 0 Å². The average molecular weight is 271 g/mol. The highest BCUT2D eigenvalue weighted by molar-refractivity contribution is 5.85. The van der Waals surface area contributed by atoms with Crippen molar-refractivity contribution in [1.29, 1.82) is 0 Å². The SMILES string of the molecule is CCCCCCCCc1cc(OC)c2ccccc2n1. The van der Waals surface area contributed by atoms with Gasteiger partial charge in [-0.1, -0.05) is 51.2 Å². The third kappa shape index (κ3) is 3.96. The van der Waals surface area contributed by atoms with Crippen LogP contribution in [-0.4, -0.2) is 12.1 Å². The topological polar surface area (TPSA) is 22.1 Å². The van der Waals surface area contributed by atoms with E-state index >= 15 is 0 Å². The van der Waals surface area contributed by atoms with Crippen LogP contribution in [0.25, 0.3) is 10.9 Å². The maximum absolute atomic E-state index is 5.49. The van der Waals surface area contributed by atoms with Gasteiger partial charge in [0.15, 0.2) is 0 Å². The first-order valence-electron chi connectivity index (χ1n) is 7.77. The van der Waals surface area contributed by atoms with Crippen LogP contribution in [-0.2, 0) is 6.42 Å². The number of ether oxygens (including phenoxy) is 1. The lowest BCUT2D eigenvalue weighted by Crippen LogP contribution is -1.95. The number of aromatic nitrogens is 1. The highest BCUT2D eigenvalue weighted by atomic mass is 16.5. The van der Waals surface area contributed by atoms with Gasteiger partial charge in [-0.25, -0.2) is 0 Å². The Morgan fingerprint density at radius 1 is 1.00 bits per heavy atom. The first-order chi connectivity index (χ1) is 9.85. The fourth-order valence-electron chi connectivity index (χ4n) is 2.58. The Labute approximate surface area is 122 Å². The van der Waals surface area contributed by atoms with Gasteiger partial charge in [-0.2, -0.15) is 0 Å². The molecule has 20 heavy (non-hydrogen) atoms. The van der Waals surface area contributed by atoms with E-state index in [0.717, 1.165) is 28.8 Å². The number of hydrogen-bond donors (Lipinski definition) is 0. The molecule has 0 radical (unpaired) electrons. The van der Waals surface area contributed by atoms with E-state index in [0.29, 0.717) is 0 Å². The lowest BCUT2D eigenvalue weighted by molar-refractivity contribution is 0.418. The van der Waals surface area contributed by atoms with E-state index in [9.17, 15) is 0 Å². The van der Waals surface area contributed by atoms with Gasteiger partial charge in [-0.05, 0) is 25.0 Å². The predicted molar refractivity (Wildman–Crippen MR) is 85.4 cm³/mol. The summed E-state index contributed by atoms with van der Waals surface area (Å²) >= 11 is 0. The number of fused-ring (bicyclic) bond motifs is 1. The second kappa shape index (κ2) is 7.88. The van der Waals surface area contributed by atoms with E-state index in [-0.39, 0.29) is 0 Å². The lowest BCUT2D eigenvalue weighted by atomic mass is 10.1. The summed E-state index contributed by atoms with van der Waals surface area (Å²) in [5.74, 6) is 0.941. The van der Waals surface area contributed by atoms with Crippen molar-refractivity contribution in [3.05, 3.63) is 36.0 Å². The molecule has 1 heterocycles. The van der Waals surface area contributed by atoms with E-state index in [1.165, 1.54) is 38.5 Å². The monoisotopic (exact) mass is 271 g/mol. The zero-order valence-corrected chi connectivity index (χ0v) is 12.7. The summed E-state index contributed by atoms with van der Waals surface area (Å²) in [5, 5.41) is 1.10. The maximum Gasteiger partial charge on any atom is 0.130 e. The zero-order valence-electron chi connectivity index (χ0n) is 12.7. The first-order valence-corrected chi connectivity index (χ1v) is 7.77. The van der Waals surface area contributed by atoms with Crippen LogP contribution in [0.2, 0.25) is 0 Å². The Balaban J connectivity index is 1.96. The summed E-state index contributed by atoms with van der Waals surface area (Å²) < 4.78 is 5.49. The Bertz CT molecular complexity index is 536. The van der Waals surface area contributed by atoms with Gasteiger partial charge < -0.3 is 4.74 Å². The van der Waals surface area contributed by atoms with E-state index < -0.39 is 0 Å². The summed E-state index contributed by atoms with van der Waals surface area (Å²) in [5.41, 5.74) is 2.18. The van der Waals surface area contributed by atoms with Gasteiger partial charge in [0.25, 0.3) is 0 Å². The number of rotatable bonds is 8. The molecule has 2 heteroatoms. The molecule has 1 aromatic carbocycles. The minimum absolute atomic E-state index is 0.941. The minimum atomic E-state index is 0.941. The van der Waals surface area contributed by atoms with E-state index in [1.54, 1.807) is 7.11 Å². The minimum Gasteiger partial charge on any atom is -0.496 e. The highest BCUT2D eigenvalue weighted by Crippen LogP contribution is 2.25. The van der Waals surface area contributed by atoms with Gasteiger partial charge in [0.05, 0.1) is 12.6 Å². The number of nitrogens with zero attached hydrogens (tertiary/aromatic N) is 1. The van der Waals surface area contributed by atoms with Crippen LogP contribution >= 0.6 is 0 Å². The van der Waals surface area contributed by atoms with Gasteiger partial charge in [0, 0.05) is 17.1 Å². The molecule has 0 N–H and O–H groups in total. The summed E-state index contributed by atoms with van der Waals surface area (Å²) in [4.78, 5) is 4.74. The lowest BCUT2D eigenvalue weighted by Gasteiger charge is -2.08. The molecule has 0 aliphatic rings. The van der Waals surface area contributed by atoms with Crippen molar-refractivity contribution in [3.63, 3.8) is 0 Å². The molecule has 2 nitrogen and oxygen atoms in total. The van der Waals surface area contributed by atoms with Crippen molar-refractivity contribution in [2.75, 3.05) is 7.11 Å². The van der Waals surface area contributed by atoms with E-state index in [2.05, 4.69) is 25.1 Å². The molecule has 0 fully saturated rings. The fourth-order valence-corrected chi connectivity index (χ4v) is 2.58. The second-order valence-electron chi connectivity index (χ2n) is 5.35. The van der Waals surface area contributed by atoms with Gasteiger partial charge in [-0.3, -0.25) is 4.98 Å². The molecule has 0 saturated heterocycles. The van der Waals surface area contributed by atoms with Gasteiger partial charge in [0.1, 0.15) is 5.75 Å². The molecular formula is C18H25NO. The number of aryl methyl sites for hydroxylation is 1. The van der Waals surface area contributed by atoms with Crippen LogP contribution in [0.5, 0.6) is 5.75 Å². The third-order valence-corrected chi connectivity index (χ3v) is 3.74. The number of hydrogen-bond acceptors (Lipinski definition) is 2. The summed E-state index contributed by atoms with van der Waals surface area (Å²) in [6, 6.07) is 10.3. The molecule has 0 spiro atoms. The number of pyridine rings is 1. The van der Waals surface area contributed by atoms with Crippen LogP contribution in [0.15, 0.2) is 30.3 Å². The normalized spacial score (nSPS) is 10.9. The predicted octanol–water partition coefficient (Wildman–Crippen LogP) is 5.15. The Morgan fingerprint density at radius 3 is 2.55 bits per heavy atom.